The van der Waals surface area contributed by atoms with Crippen LogP contribution in [0.5, 0.6) is 11.5 Å². The van der Waals surface area contributed by atoms with Gasteiger partial charge in [-0.25, -0.2) is 0 Å². The minimum atomic E-state index is -0.460. The third-order valence-electron chi connectivity index (χ3n) is 3.36. The summed E-state index contributed by atoms with van der Waals surface area (Å²) in [4.78, 5) is 12.3. The number of rotatable bonds is 5. The van der Waals surface area contributed by atoms with Crippen LogP contribution in [-0.2, 0) is 4.79 Å². The minimum Gasteiger partial charge on any atom is -0.493 e. The molecular weight excluding hydrogens is 304 g/mol. The zero-order valence-electron chi connectivity index (χ0n) is 13.8. The molecule has 5 heteroatoms. The van der Waals surface area contributed by atoms with E-state index in [4.69, 9.17) is 9.47 Å². The summed E-state index contributed by atoms with van der Waals surface area (Å²) in [6, 6.07) is 14.5. The number of methoxy groups -OCH3 is 2. The fourth-order valence-electron chi connectivity index (χ4n) is 2.18. The molecule has 0 saturated heterocycles. The van der Waals surface area contributed by atoms with Crippen LogP contribution in [0.15, 0.2) is 48.0 Å². The van der Waals surface area contributed by atoms with Crippen molar-refractivity contribution >= 4 is 17.7 Å². The molecule has 0 spiro atoms. The number of hydrogen-bond donors (Lipinski definition) is 1. The number of carbonyl (C=O) groups is 1. The van der Waals surface area contributed by atoms with Gasteiger partial charge in [-0.05, 0) is 48.4 Å². The standard InChI is InChI=1S/C19H18N2O3/c1-13-5-4-6-16(9-13)21-19(22)15(12-20)10-14-7-8-17(23-2)18(11-14)24-3/h4-11H,1-3H3,(H,21,22)/b15-10+. The molecule has 0 fully saturated rings. The number of benzene rings is 2. The predicted molar refractivity (Wildman–Crippen MR) is 92.9 cm³/mol. The average Bonchev–Trinajstić information content (AvgIpc) is 2.59. The molecule has 1 N–H and O–H groups in total. The van der Waals surface area contributed by atoms with Crippen molar-refractivity contribution in [1.29, 1.82) is 5.26 Å². The lowest BCUT2D eigenvalue weighted by Gasteiger charge is -2.08. The summed E-state index contributed by atoms with van der Waals surface area (Å²) in [6.45, 7) is 1.93. The summed E-state index contributed by atoms with van der Waals surface area (Å²) in [7, 11) is 3.07. The maximum absolute atomic E-state index is 12.3. The van der Waals surface area contributed by atoms with Gasteiger partial charge in [-0.2, -0.15) is 5.26 Å². The third kappa shape index (κ3) is 4.14. The summed E-state index contributed by atoms with van der Waals surface area (Å²) in [5.74, 6) is 0.651. The first kappa shape index (κ1) is 17.1. The smallest absolute Gasteiger partial charge is 0.266 e. The van der Waals surface area contributed by atoms with Crippen LogP contribution in [0.25, 0.3) is 6.08 Å². The Bertz CT molecular complexity index is 820. The highest BCUT2D eigenvalue weighted by Crippen LogP contribution is 2.28. The van der Waals surface area contributed by atoms with Gasteiger partial charge in [0.2, 0.25) is 0 Å². The van der Waals surface area contributed by atoms with Crippen molar-refractivity contribution < 1.29 is 14.3 Å². The van der Waals surface area contributed by atoms with Gasteiger partial charge in [0, 0.05) is 5.69 Å². The van der Waals surface area contributed by atoms with Gasteiger partial charge in [-0.15, -0.1) is 0 Å². The van der Waals surface area contributed by atoms with E-state index in [1.165, 1.54) is 13.2 Å². The molecule has 122 valence electrons. The summed E-state index contributed by atoms with van der Waals surface area (Å²) in [5.41, 5.74) is 2.34. The molecule has 0 bridgehead atoms. The largest absolute Gasteiger partial charge is 0.493 e. The van der Waals surface area contributed by atoms with Gasteiger partial charge < -0.3 is 14.8 Å². The second-order valence-corrected chi connectivity index (χ2v) is 5.11. The molecule has 0 atom stereocenters. The van der Waals surface area contributed by atoms with E-state index in [0.29, 0.717) is 22.7 Å². The summed E-state index contributed by atoms with van der Waals surface area (Å²) in [5, 5.41) is 12.0. The number of carbonyl (C=O) groups excluding carboxylic acids is 1. The average molecular weight is 322 g/mol. The number of ether oxygens (including phenoxy) is 2. The summed E-state index contributed by atoms with van der Waals surface area (Å²) in [6.07, 6.45) is 1.51. The Hall–Kier alpha value is -3.26. The predicted octanol–water partition coefficient (Wildman–Crippen LogP) is 3.56. The summed E-state index contributed by atoms with van der Waals surface area (Å²) < 4.78 is 10.4. The van der Waals surface area contributed by atoms with E-state index >= 15 is 0 Å². The van der Waals surface area contributed by atoms with Gasteiger partial charge in [0.1, 0.15) is 11.6 Å². The molecule has 2 rings (SSSR count). The molecule has 0 unspecified atom stereocenters. The van der Waals surface area contributed by atoms with E-state index in [1.807, 2.05) is 31.2 Å². The van der Waals surface area contributed by atoms with Crippen LogP contribution >= 0.6 is 0 Å². The highest BCUT2D eigenvalue weighted by molar-refractivity contribution is 6.09. The zero-order chi connectivity index (χ0) is 17.5. The second kappa shape index (κ2) is 7.84. The lowest BCUT2D eigenvalue weighted by molar-refractivity contribution is -0.112. The molecule has 0 aromatic heterocycles. The van der Waals surface area contributed by atoms with E-state index in [1.54, 1.807) is 31.4 Å². The monoisotopic (exact) mass is 322 g/mol. The number of nitrogens with zero attached hydrogens (tertiary/aromatic N) is 1. The first-order valence-corrected chi connectivity index (χ1v) is 7.29. The Balaban J connectivity index is 2.25. The molecule has 5 nitrogen and oxygen atoms in total. The van der Waals surface area contributed by atoms with E-state index in [-0.39, 0.29) is 5.57 Å². The number of nitrogens with one attached hydrogen (secondary N) is 1. The molecule has 0 heterocycles. The molecule has 0 aliphatic heterocycles. The topological polar surface area (TPSA) is 71.3 Å². The molecule has 2 aromatic carbocycles. The van der Waals surface area contributed by atoms with Gasteiger partial charge >= 0.3 is 0 Å². The van der Waals surface area contributed by atoms with Crippen molar-refractivity contribution in [2.75, 3.05) is 19.5 Å². The normalized spacial score (nSPS) is 10.7. The first-order valence-electron chi connectivity index (χ1n) is 7.29. The number of anilines is 1. The number of amides is 1. The Morgan fingerprint density at radius 1 is 1.12 bits per heavy atom. The van der Waals surface area contributed by atoms with Gasteiger partial charge in [-0.1, -0.05) is 18.2 Å². The Kier molecular flexibility index (Phi) is 5.58. The summed E-state index contributed by atoms with van der Waals surface area (Å²) >= 11 is 0. The second-order valence-electron chi connectivity index (χ2n) is 5.11. The molecule has 1 amide bonds. The highest BCUT2D eigenvalue weighted by atomic mass is 16.5. The van der Waals surface area contributed by atoms with Crippen LogP contribution in [0, 0.1) is 18.3 Å². The van der Waals surface area contributed by atoms with E-state index in [2.05, 4.69) is 5.32 Å². The maximum atomic E-state index is 12.3. The van der Waals surface area contributed by atoms with Crippen LogP contribution in [0.1, 0.15) is 11.1 Å². The van der Waals surface area contributed by atoms with Gasteiger partial charge in [0.05, 0.1) is 14.2 Å². The Morgan fingerprint density at radius 2 is 1.88 bits per heavy atom. The molecule has 2 aromatic rings. The van der Waals surface area contributed by atoms with Crippen molar-refractivity contribution in [3.05, 3.63) is 59.2 Å². The Labute approximate surface area is 141 Å². The maximum Gasteiger partial charge on any atom is 0.266 e. The van der Waals surface area contributed by atoms with Crippen LogP contribution in [0.3, 0.4) is 0 Å². The first-order chi connectivity index (χ1) is 11.6. The van der Waals surface area contributed by atoms with Crippen molar-refractivity contribution in [3.8, 4) is 17.6 Å². The van der Waals surface area contributed by atoms with Crippen molar-refractivity contribution in [2.45, 2.75) is 6.92 Å². The van der Waals surface area contributed by atoms with E-state index < -0.39 is 5.91 Å². The minimum absolute atomic E-state index is 0.00345. The van der Waals surface area contributed by atoms with Gasteiger partial charge in [-0.3, -0.25) is 4.79 Å². The van der Waals surface area contributed by atoms with Crippen LogP contribution < -0.4 is 14.8 Å². The van der Waals surface area contributed by atoms with E-state index in [0.717, 1.165) is 5.56 Å². The zero-order valence-corrected chi connectivity index (χ0v) is 13.8. The Morgan fingerprint density at radius 3 is 2.50 bits per heavy atom. The number of hydrogen-bond acceptors (Lipinski definition) is 4. The molecule has 0 aliphatic carbocycles. The highest BCUT2D eigenvalue weighted by Gasteiger charge is 2.11. The molecule has 0 aliphatic rings. The van der Waals surface area contributed by atoms with Crippen molar-refractivity contribution in [2.24, 2.45) is 0 Å². The number of nitriles is 1. The van der Waals surface area contributed by atoms with Crippen LogP contribution in [0.2, 0.25) is 0 Å². The quantitative estimate of drug-likeness (QED) is 0.675. The SMILES string of the molecule is COc1ccc(/C=C(\C#N)C(=O)Nc2cccc(C)c2)cc1OC. The third-order valence-corrected chi connectivity index (χ3v) is 3.36. The lowest BCUT2D eigenvalue weighted by Crippen LogP contribution is -2.13. The molecular formula is C19H18N2O3. The van der Waals surface area contributed by atoms with Crippen LogP contribution in [0.4, 0.5) is 5.69 Å². The lowest BCUT2D eigenvalue weighted by atomic mass is 10.1. The molecule has 24 heavy (non-hydrogen) atoms. The van der Waals surface area contributed by atoms with Crippen molar-refractivity contribution in [1.82, 2.24) is 0 Å². The fraction of sp³-hybridized carbons (Fsp3) is 0.158. The van der Waals surface area contributed by atoms with Gasteiger partial charge in [0.15, 0.2) is 11.5 Å². The van der Waals surface area contributed by atoms with Crippen LogP contribution in [-0.4, -0.2) is 20.1 Å². The fourth-order valence-corrected chi connectivity index (χ4v) is 2.18. The number of aryl methyl sites for hydroxylation is 1. The van der Waals surface area contributed by atoms with E-state index in [9.17, 15) is 10.1 Å². The van der Waals surface area contributed by atoms with Crippen molar-refractivity contribution in [3.63, 3.8) is 0 Å². The molecule has 0 saturated carbocycles. The van der Waals surface area contributed by atoms with Gasteiger partial charge in [0.25, 0.3) is 5.91 Å². The molecule has 0 radical (unpaired) electrons.